The predicted octanol–water partition coefficient (Wildman–Crippen LogP) is 2.31. The molecule has 1 saturated heterocycles. The third-order valence-electron chi connectivity index (χ3n) is 5.11. The molecule has 0 bridgehead atoms. The van der Waals surface area contributed by atoms with Gasteiger partial charge in [-0.25, -0.2) is 9.97 Å². The maximum absolute atomic E-state index is 5.53. The van der Waals surface area contributed by atoms with E-state index in [0.717, 1.165) is 48.0 Å². The van der Waals surface area contributed by atoms with Crippen LogP contribution in [-0.2, 0) is 4.74 Å². The molecule has 3 rings (SSSR count). The van der Waals surface area contributed by atoms with Crippen molar-refractivity contribution in [1.82, 2.24) is 19.9 Å². The van der Waals surface area contributed by atoms with Crippen LogP contribution >= 0.6 is 0 Å². The Labute approximate surface area is 149 Å². The molecule has 0 saturated carbocycles. The first-order valence-corrected chi connectivity index (χ1v) is 8.69. The fourth-order valence-electron chi connectivity index (χ4n) is 3.42. The Kier molecular flexibility index (Phi) is 5.30. The highest BCUT2D eigenvalue weighted by molar-refractivity contribution is 5.59. The van der Waals surface area contributed by atoms with Gasteiger partial charge in [0.25, 0.3) is 0 Å². The quantitative estimate of drug-likeness (QED) is 0.832. The van der Waals surface area contributed by atoms with Crippen molar-refractivity contribution >= 4 is 5.82 Å². The second kappa shape index (κ2) is 7.45. The highest BCUT2D eigenvalue weighted by Crippen LogP contribution is 2.25. The van der Waals surface area contributed by atoms with E-state index in [1.165, 1.54) is 0 Å². The van der Waals surface area contributed by atoms with Gasteiger partial charge in [-0.1, -0.05) is 0 Å². The van der Waals surface area contributed by atoms with Gasteiger partial charge in [-0.2, -0.15) is 0 Å². The third kappa shape index (κ3) is 3.80. The number of rotatable bonds is 5. The molecule has 2 aromatic heterocycles. The number of ether oxygens (including phenoxy) is 1. The van der Waals surface area contributed by atoms with E-state index < -0.39 is 0 Å². The van der Waals surface area contributed by atoms with Gasteiger partial charge in [0.1, 0.15) is 5.82 Å². The molecule has 3 heterocycles. The number of aromatic nitrogens is 3. The summed E-state index contributed by atoms with van der Waals surface area (Å²) in [5, 5.41) is 0. The maximum Gasteiger partial charge on any atom is 0.163 e. The van der Waals surface area contributed by atoms with Crippen LogP contribution in [0.3, 0.4) is 0 Å². The smallest absolute Gasteiger partial charge is 0.163 e. The van der Waals surface area contributed by atoms with Gasteiger partial charge in [0, 0.05) is 62.5 Å². The second-order valence-corrected chi connectivity index (χ2v) is 6.89. The van der Waals surface area contributed by atoms with E-state index in [2.05, 4.69) is 40.8 Å². The van der Waals surface area contributed by atoms with E-state index in [1.54, 1.807) is 13.3 Å². The van der Waals surface area contributed by atoms with Gasteiger partial charge in [0.05, 0.1) is 6.10 Å². The lowest BCUT2D eigenvalue weighted by molar-refractivity contribution is 0.111. The fourth-order valence-corrected chi connectivity index (χ4v) is 3.42. The molecule has 1 aliphatic heterocycles. The third-order valence-corrected chi connectivity index (χ3v) is 5.11. The molecule has 0 aliphatic carbocycles. The molecule has 2 aromatic rings. The fraction of sp³-hybridized carbons (Fsp3) is 0.526. The van der Waals surface area contributed by atoms with Crippen molar-refractivity contribution in [1.29, 1.82) is 0 Å². The number of methoxy groups -OCH3 is 1. The first-order chi connectivity index (χ1) is 12.0. The van der Waals surface area contributed by atoms with Gasteiger partial charge in [0.15, 0.2) is 5.82 Å². The van der Waals surface area contributed by atoms with Crippen molar-refractivity contribution in [3.8, 4) is 11.4 Å². The Morgan fingerprint density at radius 2 is 2.12 bits per heavy atom. The Morgan fingerprint density at radius 1 is 1.32 bits per heavy atom. The summed E-state index contributed by atoms with van der Waals surface area (Å²) in [6, 6.07) is 4.37. The zero-order valence-electron chi connectivity index (χ0n) is 15.7. The highest BCUT2D eigenvalue weighted by Gasteiger charge is 2.30. The SMILES string of the molecule is CO[C@H]1C[C@@H](CN(C)c2nc(-c3cccnc3)nc(C)c2C)N(C)C1. The van der Waals surface area contributed by atoms with E-state index in [1.807, 2.05) is 25.3 Å². The molecule has 0 spiro atoms. The maximum atomic E-state index is 5.53. The Balaban J connectivity index is 1.85. The van der Waals surface area contributed by atoms with Gasteiger partial charge in [-0.3, -0.25) is 9.88 Å². The summed E-state index contributed by atoms with van der Waals surface area (Å²) in [5.74, 6) is 1.72. The van der Waals surface area contributed by atoms with Gasteiger partial charge in [0.2, 0.25) is 0 Å². The number of aryl methyl sites for hydroxylation is 1. The van der Waals surface area contributed by atoms with Crippen LogP contribution in [0.15, 0.2) is 24.5 Å². The zero-order chi connectivity index (χ0) is 18.0. The average molecular weight is 341 g/mol. The standard InChI is InChI=1S/C19H27N5O/c1-13-14(2)21-18(15-7-6-8-20-10-15)22-19(13)24(4)11-16-9-17(25-5)12-23(16)3/h6-8,10,16-17H,9,11-12H2,1-5H3/t16-,17-/m0/s1. The van der Waals surface area contributed by atoms with Gasteiger partial charge in [-0.05, 0) is 39.4 Å². The number of pyridine rings is 1. The summed E-state index contributed by atoms with van der Waals surface area (Å²) in [5.41, 5.74) is 3.07. The Bertz CT molecular complexity index is 721. The van der Waals surface area contributed by atoms with Crippen molar-refractivity contribution in [3.05, 3.63) is 35.8 Å². The van der Waals surface area contributed by atoms with E-state index in [-0.39, 0.29) is 0 Å². The van der Waals surface area contributed by atoms with Crippen molar-refractivity contribution in [3.63, 3.8) is 0 Å². The molecular weight excluding hydrogens is 314 g/mol. The molecule has 0 unspecified atom stereocenters. The van der Waals surface area contributed by atoms with Crippen LogP contribution in [0, 0.1) is 13.8 Å². The van der Waals surface area contributed by atoms with Crippen LogP contribution in [-0.4, -0.2) is 66.3 Å². The van der Waals surface area contributed by atoms with Gasteiger partial charge in [-0.15, -0.1) is 0 Å². The van der Waals surface area contributed by atoms with E-state index in [0.29, 0.717) is 12.1 Å². The minimum Gasteiger partial charge on any atom is -0.380 e. The van der Waals surface area contributed by atoms with E-state index in [4.69, 9.17) is 9.72 Å². The lowest BCUT2D eigenvalue weighted by Crippen LogP contribution is -2.37. The summed E-state index contributed by atoms with van der Waals surface area (Å²) < 4.78 is 5.53. The number of hydrogen-bond acceptors (Lipinski definition) is 6. The van der Waals surface area contributed by atoms with Crippen LogP contribution in [0.1, 0.15) is 17.7 Å². The summed E-state index contributed by atoms with van der Waals surface area (Å²) in [4.78, 5) is 18.3. The summed E-state index contributed by atoms with van der Waals surface area (Å²) in [6.07, 6.45) is 4.94. The topological polar surface area (TPSA) is 54.4 Å². The minimum absolute atomic E-state index is 0.322. The van der Waals surface area contributed by atoms with Crippen molar-refractivity contribution in [2.45, 2.75) is 32.4 Å². The number of likely N-dealkylation sites (N-methyl/N-ethyl adjacent to an activating group) is 2. The molecule has 25 heavy (non-hydrogen) atoms. The number of nitrogens with zero attached hydrogens (tertiary/aromatic N) is 5. The molecule has 1 fully saturated rings. The predicted molar refractivity (Wildman–Crippen MR) is 99.8 cm³/mol. The summed E-state index contributed by atoms with van der Waals surface area (Å²) in [6.45, 7) is 6.03. The van der Waals surface area contributed by atoms with Gasteiger partial charge >= 0.3 is 0 Å². The summed E-state index contributed by atoms with van der Waals surface area (Å²) in [7, 11) is 6.06. The van der Waals surface area contributed by atoms with Crippen molar-refractivity contribution in [2.75, 3.05) is 39.2 Å². The average Bonchev–Trinajstić information content (AvgIpc) is 2.97. The lowest BCUT2D eigenvalue weighted by atomic mass is 10.1. The first kappa shape index (κ1) is 17.8. The van der Waals surface area contributed by atoms with Crippen LogP contribution in [0.2, 0.25) is 0 Å². The molecule has 0 N–H and O–H groups in total. The van der Waals surface area contributed by atoms with Crippen LogP contribution < -0.4 is 4.90 Å². The van der Waals surface area contributed by atoms with Crippen molar-refractivity contribution in [2.24, 2.45) is 0 Å². The highest BCUT2D eigenvalue weighted by atomic mass is 16.5. The monoisotopic (exact) mass is 341 g/mol. The Morgan fingerprint density at radius 3 is 2.76 bits per heavy atom. The first-order valence-electron chi connectivity index (χ1n) is 8.69. The number of hydrogen-bond donors (Lipinski definition) is 0. The molecule has 0 aromatic carbocycles. The largest absolute Gasteiger partial charge is 0.380 e. The van der Waals surface area contributed by atoms with Gasteiger partial charge < -0.3 is 9.64 Å². The molecule has 6 heteroatoms. The molecule has 0 amide bonds. The normalized spacial score (nSPS) is 20.8. The Hall–Kier alpha value is -2.05. The van der Waals surface area contributed by atoms with Crippen LogP contribution in [0.4, 0.5) is 5.82 Å². The van der Waals surface area contributed by atoms with Crippen LogP contribution in [0.25, 0.3) is 11.4 Å². The van der Waals surface area contributed by atoms with Crippen LogP contribution in [0.5, 0.6) is 0 Å². The molecule has 1 aliphatic rings. The molecule has 6 nitrogen and oxygen atoms in total. The zero-order valence-corrected chi connectivity index (χ0v) is 15.7. The molecule has 134 valence electrons. The summed E-state index contributed by atoms with van der Waals surface area (Å²) >= 11 is 0. The van der Waals surface area contributed by atoms with Crippen molar-refractivity contribution < 1.29 is 4.74 Å². The lowest BCUT2D eigenvalue weighted by Gasteiger charge is -2.28. The van der Waals surface area contributed by atoms with E-state index in [9.17, 15) is 0 Å². The minimum atomic E-state index is 0.322. The second-order valence-electron chi connectivity index (χ2n) is 6.89. The number of likely N-dealkylation sites (tertiary alicyclic amines) is 1. The number of anilines is 1. The van der Waals surface area contributed by atoms with E-state index >= 15 is 0 Å². The molecule has 0 radical (unpaired) electrons. The molecular formula is C19H27N5O. The molecule has 2 atom stereocenters.